The molecule has 1 N–H and O–H groups in total. The van der Waals surface area contributed by atoms with Crippen molar-refractivity contribution in [3.05, 3.63) is 0 Å². The van der Waals surface area contributed by atoms with Gasteiger partial charge in [-0.25, -0.2) is 0 Å². The predicted octanol–water partition coefficient (Wildman–Crippen LogP) is 2.44. The zero-order chi connectivity index (χ0) is 15.4. The van der Waals surface area contributed by atoms with E-state index in [1.807, 2.05) is 0 Å². The molecule has 0 radical (unpaired) electrons. The Bertz CT molecular complexity index is 345. The third kappa shape index (κ3) is 3.98. The molecule has 21 heavy (non-hydrogen) atoms. The van der Waals surface area contributed by atoms with Crippen molar-refractivity contribution in [1.82, 2.24) is 15.1 Å². The van der Waals surface area contributed by atoms with E-state index in [0.717, 1.165) is 32.4 Å². The minimum atomic E-state index is 0.0403. The van der Waals surface area contributed by atoms with E-state index in [-0.39, 0.29) is 12.2 Å². The highest BCUT2D eigenvalue weighted by molar-refractivity contribution is 5.84. The molecule has 0 aliphatic carbocycles. The van der Waals surface area contributed by atoms with Gasteiger partial charge < -0.3 is 9.80 Å². The summed E-state index contributed by atoms with van der Waals surface area (Å²) in [5.41, 5.74) is 0. The highest BCUT2D eigenvalue weighted by Gasteiger charge is 2.42. The Balaban J connectivity index is 2.08. The van der Waals surface area contributed by atoms with E-state index < -0.39 is 0 Å². The number of hydrogen-bond acceptors (Lipinski definition) is 3. The second kappa shape index (κ2) is 7.59. The number of likely N-dealkylation sites (N-methyl/N-ethyl adjacent to an activating group) is 1. The molecule has 4 heteroatoms. The Kier molecular flexibility index (Phi) is 6.06. The maximum atomic E-state index is 12.9. The van der Waals surface area contributed by atoms with Gasteiger partial charge in [-0.05, 0) is 44.7 Å². The van der Waals surface area contributed by atoms with Gasteiger partial charge in [-0.1, -0.05) is 34.1 Å². The molecule has 0 aromatic heterocycles. The lowest BCUT2D eigenvalue weighted by Gasteiger charge is -2.39. The molecule has 2 heterocycles. The highest BCUT2D eigenvalue weighted by atomic mass is 16.2. The molecule has 2 fully saturated rings. The first-order valence-corrected chi connectivity index (χ1v) is 8.87. The Morgan fingerprint density at radius 1 is 1.33 bits per heavy atom. The highest BCUT2D eigenvalue weighted by Crippen LogP contribution is 2.26. The van der Waals surface area contributed by atoms with Crippen molar-refractivity contribution in [1.29, 1.82) is 0 Å². The summed E-state index contributed by atoms with van der Waals surface area (Å²) in [4.78, 5) is 17.6. The second-order valence-corrected chi connectivity index (χ2v) is 7.09. The standard InChI is InChI=1S/C17H33N3O/c1-5-8-16-18-15(11-13(3)4)17(21)20(16)14-9-7-10-19(6-2)12-14/h13-16,18H,5-12H2,1-4H3. The monoisotopic (exact) mass is 295 g/mol. The number of piperidine rings is 1. The molecular weight excluding hydrogens is 262 g/mol. The smallest absolute Gasteiger partial charge is 0.241 e. The first-order chi connectivity index (χ1) is 10.1. The zero-order valence-corrected chi connectivity index (χ0v) is 14.3. The van der Waals surface area contributed by atoms with Crippen molar-refractivity contribution < 1.29 is 4.79 Å². The quantitative estimate of drug-likeness (QED) is 0.817. The normalized spacial score (nSPS) is 31.4. The van der Waals surface area contributed by atoms with Crippen molar-refractivity contribution >= 4 is 5.91 Å². The summed E-state index contributed by atoms with van der Waals surface area (Å²) in [5, 5.41) is 3.61. The number of nitrogens with zero attached hydrogens (tertiary/aromatic N) is 2. The third-order valence-electron chi connectivity index (χ3n) is 4.87. The number of amides is 1. The summed E-state index contributed by atoms with van der Waals surface area (Å²) in [6.07, 6.45) is 5.80. The van der Waals surface area contributed by atoms with Gasteiger partial charge in [-0.3, -0.25) is 10.1 Å². The predicted molar refractivity (Wildman–Crippen MR) is 87.1 cm³/mol. The molecule has 2 aliphatic heterocycles. The van der Waals surface area contributed by atoms with E-state index in [9.17, 15) is 4.79 Å². The Hall–Kier alpha value is -0.610. The van der Waals surface area contributed by atoms with E-state index in [1.165, 1.54) is 19.4 Å². The molecule has 3 atom stereocenters. The number of rotatable bonds is 6. The van der Waals surface area contributed by atoms with Gasteiger partial charge in [-0.15, -0.1) is 0 Å². The summed E-state index contributed by atoms with van der Waals surface area (Å²) < 4.78 is 0. The number of carbonyl (C=O) groups is 1. The van der Waals surface area contributed by atoms with Gasteiger partial charge in [0.1, 0.15) is 0 Å². The van der Waals surface area contributed by atoms with Gasteiger partial charge in [-0.2, -0.15) is 0 Å². The molecule has 122 valence electrons. The van der Waals surface area contributed by atoms with Gasteiger partial charge in [0.15, 0.2) is 0 Å². The van der Waals surface area contributed by atoms with E-state index >= 15 is 0 Å². The number of hydrogen-bond donors (Lipinski definition) is 1. The fourth-order valence-electron chi connectivity index (χ4n) is 3.83. The van der Waals surface area contributed by atoms with E-state index in [4.69, 9.17) is 0 Å². The van der Waals surface area contributed by atoms with E-state index in [2.05, 4.69) is 42.8 Å². The van der Waals surface area contributed by atoms with Crippen molar-refractivity contribution in [2.24, 2.45) is 5.92 Å². The molecule has 1 amide bonds. The molecular formula is C17H33N3O. The lowest BCUT2D eigenvalue weighted by atomic mass is 10.0. The van der Waals surface area contributed by atoms with Crippen LogP contribution in [-0.2, 0) is 4.79 Å². The fraction of sp³-hybridized carbons (Fsp3) is 0.941. The maximum Gasteiger partial charge on any atom is 0.241 e. The molecule has 0 saturated carbocycles. The van der Waals surface area contributed by atoms with E-state index in [0.29, 0.717) is 17.9 Å². The molecule has 0 aromatic carbocycles. The van der Waals surface area contributed by atoms with Crippen LogP contribution in [0, 0.1) is 5.92 Å². The van der Waals surface area contributed by atoms with Crippen LogP contribution in [-0.4, -0.2) is 53.6 Å². The van der Waals surface area contributed by atoms with Crippen LogP contribution in [0.1, 0.15) is 59.8 Å². The fourth-order valence-corrected chi connectivity index (χ4v) is 3.83. The SMILES string of the molecule is CCCC1NC(CC(C)C)C(=O)N1C1CCCN(CC)C1. The van der Waals surface area contributed by atoms with Gasteiger partial charge >= 0.3 is 0 Å². The molecule has 2 aliphatic rings. The molecule has 3 unspecified atom stereocenters. The summed E-state index contributed by atoms with van der Waals surface area (Å²) in [7, 11) is 0. The minimum Gasteiger partial charge on any atom is -0.322 e. The lowest BCUT2D eigenvalue weighted by molar-refractivity contribution is -0.133. The van der Waals surface area contributed by atoms with Crippen LogP contribution in [0.25, 0.3) is 0 Å². The average molecular weight is 295 g/mol. The van der Waals surface area contributed by atoms with E-state index in [1.54, 1.807) is 0 Å². The summed E-state index contributed by atoms with van der Waals surface area (Å²) in [6, 6.07) is 0.450. The largest absolute Gasteiger partial charge is 0.322 e. The van der Waals surface area contributed by atoms with Crippen LogP contribution in [0.15, 0.2) is 0 Å². The van der Waals surface area contributed by atoms with Gasteiger partial charge in [0, 0.05) is 12.6 Å². The van der Waals surface area contributed by atoms with Crippen LogP contribution < -0.4 is 5.32 Å². The summed E-state index contributed by atoms with van der Waals surface area (Å²) in [6.45, 7) is 12.2. The maximum absolute atomic E-state index is 12.9. The van der Waals surface area contributed by atoms with Crippen LogP contribution in [0.2, 0.25) is 0 Å². The topological polar surface area (TPSA) is 35.6 Å². The van der Waals surface area contributed by atoms with Gasteiger partial charge in [0.05, 0.1) is 12.2 Å². The van der Waals surface area contributed by atoms with Crippen LogP contribution in [0.3, 0.4) is 0 Å². The van der Waals surface area contributed by atoms with Crippen molar-refractivity contribution in [3.8, 4) is 0 Å². The van der Waals surface area contributed by atoms with Crippen molar-refractivity contribution in [3.63, 3.8) is 0 Å². The number of nitrogens with one attached hydrogen (secondary N) is 1. The number of carbonyl (C=O) groups excluding carboxylic acids is 1. The molecule has 2 saturated heterocycles. The second-order valence-electron chi connectivity index (χ2n) is 7.09. The van der Waals surface area contributed by atoms with Crippen molar-refractivity contribution in [2.75, 3.05) is 19.6 Å². The van der Waals surface area contributed by atoms with Gasteiger partial charge in [0.2, 0.25) is 5.91 Å². The first-order valence-electron chi connectivity index (χ1n) is 8.87. The van der Waals surface area contributed by atoms with Crippen LogP contribution in [0.4, 0.5) is 0 Å². The third-order valence-corrected chi connectivity index (χ3v) is 4.87. The summed E-state index contributed by atoms with van der Waals surface area (Å²) in [5.74, 6) is 0.914. The Labute approximate surface area is 130 Å². The first kappa shape index (κ1) is 16.8. The molecule has 0 aromatic rings. The van der Waals surface area contributed by atoms with Gasteiger partial charge in [0.25, 0.3) is 0 Å². The van der Waals surface area contributed by atoms with Crippen molar-refractivity contribution in [2.45, 2.75) is 78.0 Å². The number of likely N-dealkylation sites (tertiary alicyclic amines) is 1. The Morgan fingerprint density at radius 2 is 2.10 bits per heavy atom. The van der Waals surface area contributed by atoms with Crippen LogP contribution >= 0.6 is 0 Å². The molecule has 2 rings (SSSR count). The minimum absolute atomic E-state index is 0.0403. The lowest BCUT2D eigenvalue weighted by Crippen LogP contribution is -2.52. The molecule has 0 bridgehead atoms. The Morgan fingerprint density at radius 3 is 2.71 bits per heavy atom. The molecule has 4 nitrogen and oxygen atoms in total. The molecule has 0 spiro atoms. The summed E-state index contributed by atoms with van der Waals surface area (Å²) >= 11 is 0. The zero-order valence-electron chi connectivity index (χ0n) is 14.3. The average Bonchev–Trinajstić information content (AvgIpc) is 2.75. The van der Waals surface area contributed by atoms with Crippen LogP contribution in [0.5, 0.6) is 0 Å².